The Kier molecular flexibility index (Phi) is 1.90. The normalized spacial score (nSPS) is 8.89. The molecule has 0 fully saturated rings. The lowest BCUT2D eigenvalue weighted by Crippen LogP contribution is -1.91. The fraction of sp³-hybridized carbons (Fsp3) is 0.167. The van der Waals surface area contributed by atoms with Crippen LogP contribution in [-0.2, 0) is 6.42 Å². The van der Waals surface area contributed by atoms with Crippen molar-refractivity contribution >= 4 is 0 Å². The summed E-state index contributed by atoms with van der Waals surface area (Å²) in [4.78, 5) is 11.4. The van der Waals surface area contributed by atoms with Gasteiger partial charge in [0.05, 0.1) is 0 Å². The molecule has 0 saturated carbocycles. The van der Waals surface area contributed by atoms with E-state index >= 15 is 0 Å². The maximum atomic E-state index is 3.88. The Morgan fingerprint density at radius 1 is 1.44 bits per heavy atom. The van der Waals surface area contributed by atoms with Crippen LogP contribution in [0.5, 0.6) is 0 Å². The number of hydrogen-bond donors (Lipinski definition) is 0. The zero-order chi connectivity index (χ0) is 6.53. The van der Waals surface area contributed by atoms with Crippen molar-refractivity contribution in [1.82, 2.24) is 15.0 Å². The van der Waals surface area contributed by atoms with Crippen LogP contribution in [0.25, 0.3) is 0 Å². The third-order valence-corrected chi connectivity index (χ3v) is 0.874. The van der Waals surface area contributed by atoms with E-state index in [-0.39, 0.29) is 0 Å². The molecule has 0 spiro atoms. The van der Waals surface area contributed by atoms with Crippen LogP contribution in [0.1, 0.15) is 5.82 Å². The number of rotatable bonds is 2. The molecule has 1 rings (SSSR count). The molecule has 0 saturated heterocycles. The lowest BCUT2D eigenvalue weighted by Gasteiger charge is -1.88. The molecule has 0 aliphatic rings. The highest BCUT2D eigenvalue weighted by Gasteiger charge is 1.86. The van der Waals surface area contributed by atoms with Gasteiger partial charge in [-0.1, -0.05) is 6.08 Å². The molecule has 3 nitrogen and oxygen atoms in total. The summed E-state index contributed by atoms with van der Waals surface area (Å²) >= 11 is 0. The molecule has 1 heterocycles. The summed E-state index contributed by atoms with van der Waals surface area (Å²) in [6.45, 7) is 3.56. The van der Waals surface area contributed by atoms with Crippen LogP contribution in [0.15, 0.2) is 25.3 Å². The van der Waals surface area contributed by atoms with E-state index < -0.39 is 0 Å². The van der Waals surface area contributed by atoms with Crippen molar-refractivity contribution in [2.24, 2.45) is 0 Å². The second-order valence-electron chi connectivity index (χ2n) is 1.55. The van der Waals surface area contributed by atoms with Gasteiger partial charge in [-0.3, -0.25) is 0 Å². The first kappa shape index (κ1) is 5.88. The molecular weight excluding hydrogens is 114 g/mol. The molecule has 1 aromatic heterocycles. The topological polar surface area (TPSA) is 38.7 Å². The molecule has 3 heteroatoms. The van der Waals surface area contributed by atoms with Crippen molar-refractivity contribution in [3.8, 4) is 0 Å². The minimum absolute atomic E-state index is 0.711. The predicted octanol–water partition coefficient (Wildman–Crippen LogP) is 0.600. The van der Waals surface area contributed by atoms with Crippen molar-refractivity contribution in [1.29, 1.82) is 0 Å². The van der Waals surface area contributed by atoms with Crippen LogP contribution in [0.3, 0.4) is 0 Å². The van der Waals surface area contributed by atoms with E-state index in [1.807, 2.05) is 0 Å². The summed E-state index contributed by atoms with van der Waals surface area (Å²) in [6, 6.07) is 0. The largest absolute Gasteiger partial charge is 0.225 e. The fourth-order valence-corrected chi connectivity index (χ4v) is 0.498. The van der Waals surface area contributed by atoms with E-state index in [4.69, 9.17) is 0 Å². The summed E-state index contributed by atoms with van der Waals surface area (Å²) in [5.41, 5.74) is 0. The van der Waals surface area contributed by atoms with Crippen LogP contribution in [0.2, 0.25) is 0 Å². The summed E-state index contributed by atoms with van der Waals surface area (Å²) in [6.07, 6.45) is 5.43. The van der Waals surface area contributed by atoms with Gasteiger partial charge in [-0.05, 0) is 0 Å². The third kappa shape index (κ3) is 1.60. The Morgan fingerprint density at radius 3 is 2.67 bits per heavy atom. The zero-order valence-electron chi connectivity index (χ0n) is 4.99. The van der Waals surface area contributed by atoms with Gasteiger partial charge in [0.15, 0.2) is 0 Å². The van der Waals surface area contributed by atoms with Gasteiger partial charge in [0.25, 0.3) is 0 Å². The van der Waals surface area contributed by atoms with E-state index in [9.17, 15) is 0 Å². The van der Waals surface area contributed by atoms with Crippen molar-refractivity contribution in [2.45, 2.75) is 6.42 Å². The molecule has 0 atom stereocenters. The van der Waals surface area contributed by atoms with Crippen LogP contribution in [0, 0.1) is 0 Å². The second kappa shape index (κ2) is 2.91. The Bertz CT molecular complexity index is 183. The molecule has 0 N–H and O–H groups in total. The molecule has 0 aliphatic carbocycles. The smallest absolute Gasteiger partial charge is 0.135 e. The Morgan fingerprint density at radius 2 is 2.11 bits per heavy atom. The molecule has 9 heavy (non-hydrogen) atoms. The second-order valence-corrected chi connectivity index (χ2v) is 1.55. The van der Waals surface area contributed by atoms with E-state index in [0.717, 1.165) is 5.82 Å². The van der Waals surface area contributed by atoms with E-state index in [2.05, 4.69) is 21.5 Å². The minimum Gasteiger partial charge on any atom is -0.225 e. The fourth-order valence-electron chi connectivity index (χ4n) is 0.498. The van der Waals surface area contributed by atoms with E-state index in [1.165, 1.54) is 12.7 Å². The molecule has 0 unspecified atom stereocenters. The van der Waals surface area contributed by atoms with Gasteiger partial charge in [0, 0.05) is 6.42 Å². The maximum Gasteiger partial charge on any atom is 0.135 e. The molecular formula is C6H7N3. The van der Waals surface area contributed by atoms with Gasteiger partial charge in [0.2, 0.25) is 0 Å². The van der Waals surface area contributed by atoms with Crippen LogP contribution >= 0.6 is 0 Å². The van der Waals surface area contributed by atoms with Crippen LogP contribution in [0.4, 0.5) is 0 Å². The quantitative estimate of drug-likeness (QED) is 0.538. The highest BCUT2D eigenvalue weighted by atomic mass is 15.0. The lowest BCUT2D eigenvalue weighted by molar-refractivity contribution is 0.932. The summed E-state index contributed by atoms with van der Waals surface area (Å²) in [5, 5.41) is 0. The van der Waals surface area contributed by atoms with Gasteiger partial charge >= 0.3 is 0 Å². The molecule has 0 aliphatic heterocycles. The Balaban J connectivity index is 2.72. The Labute approximate surface area is 53.5 Å². The van der Waals surface area contributed by atoms with Gasteiger partial charge < -0.3 is 0 Å². The molecule has 0 aromatic carbocycles. The zero-order valence-corrected chi connectivity index (χ0v) is 4.99. The minimum atomic E-state index is 0.711. The number of allylic oxidation sites excluding steroid dienone is 1. The standard InChI is InChI=1S/C6H7N3/c1-2-3-6-8-4-7-5-9-6/h2,4-5H,1,3H2. The van der Waals surface area contributed by atoms with E-state index in [1.54, 1.807) is 6.08 Å². The first-order valence-electron chi connectivity index (χ1n) is 2.65. The number of hydrogen-bond acceptors (Lipinski definition) is 3. The number of nitrogens with zero attached hydrogens (tertiary/aromatic N) is 3. The van der Waals surface area contributed by atoms with Crippen molar-refractivity contribution in [3.63, 3.8) is 0 Å². The van der Waals surface area contributed by atoms with Crippen molar-refractivity contribution in [2.75, 3.05) is 0 Å². The highest BCUT2D eigenvalue weighted by Crippen LogP contribution is 1.85. The number of aromatic nitrogens is 3. The highest BCUT2D eigenvalue weighted by molar-refractivity contribution is 4.89. The van der Waals surface area contributed by atoms with Crippen LogP contribution < -0.4 is 0 Å². The molecule has 1 aromatic rings. The average Bonchev–Trinajstić information content (AvgIpc) is 1.91. The molecule has 0 bridgehead atoms. The Hall–Kier alpha value is -1.25. The summed E-state index contributed by atoms with van der Waals surface area (Å²) in [5.74, 6) is 0.764. The van der Waals surface area contributed by atoms with Crippen molar-refractivity contribution in [3.05, 3.63) is 31.1 Å². The van der Waals surface area contributed by atoms with Gasteiger partial charge in [-0.2, -0.15) is 0 Å². The summed E-state index contributed by atoms with van der Waals surface area (Å²) < 4.78 is 0. The lowest BCUT2D eigenvalue weighted by atomic mass is 10.4. The summed E-state index contributed by atoms with van der Waals surface area (Å²) in [7, 11) is 0. The van der Waals surface area contributed by atoms with Gasteiger partial charge in [0.1, 0.15) is 18.5 Å². The molecule has 46 valence electrons. The van der Waals surface area contributed by atoms with Gasteiger partial charge in [-0.15, -0.1) is 6.58 Å². The SMILES string of the molecule is C=CCc1ncncn1. The average molecular weight is 121 g/mol. The predicted molar refractivity (Wildman–Crippen MR) is 33.7 cm³/mol. The first-order chi connectivity index (χ1) is 4.43. The molecule has 0 amide bonds. The first-order valence-corrected chi connectivity index (χ1v) is 2.65. The molecule has 0 radical (unpaired) electrons. The van der Waals surface area contributed by atoms with Gasteiger partial charge in [-0.25, -0.2) is 15.0 Å². The maximum absolute atomic E-state index is 3.88. The van der Waals surface area contributed by atoms with Crippen molar-refractivity contribution < 1.29 is 0 Å². The van der Waals surface area contributed by atoms with Crippen LogP contribution in [-0.4, -0.2) is 15.0 Å². The van der Waals surface area contributed by atoms with E-state index in [0.29, 0.717) is 6.42 Å². The monoisotopic (exact) mass is 121 g/mol. The third-order valence-electron chi connectivity index (χ3n) is 0.874.